The summed E-state index contributed by atoms with van der Waals surface area (Å²) in [6.45, 7) is 0.888. The van der Waals surface area contributed by atoms with Crippen LogP contribution in [-0.2, 0) is 0 Å². The van der Waals surface area contributed by atoms with Crippen molar-refractivity contribution in [3.05, 3.63) is 12.4 Å². The Labute approximate surface area is 95.0 Å². The summed E-state index contributed by atoms with van der Waals surface area (Å²) in [5.74, 6) is 2.01. The minimum Gasteiger partial charge on any atom is -0.480 e. The maximum Gasteiger partial charge on any atom is 0.233 e. The molecule has 0 spiro atoms. The van der Waals surface area contributed by atoms with Gasteiger partial charge in [-0.15, -0.1) is 11.6 Å². The summed E-state index contributed by atoms with van der Waals surface area (Å²) in [5.41, 5.74) is 0. The molecule has 0 aromatic carbocycles. The molecule has 5 heteroatoms. The fourth-order valence-electron chi connectivity index (χ4n) is 1.14. The number of hydrogen-bond donors (Lipinski definition) is 1. The average molecular weight is 230 g/mol. The van der Waals surface area contributed by atoms with Gasteiger partial charge in [-0.2, -0.15) is 4.98 Å². The Bertz CT molecular complexity index is 283. The second kappa shape index (κ2) is 7.29. The van der Waals surface area contributed by atoms with E-state index in [4.69, 9.17) is 16.3 Å². The quantitative estimate of drug-likeness (QED) is 0.576. The predicted octanol–water partition coefficient (Wildman–Crippen LogP) is 2.31. The van der Waals surface area contributed by atoms with E-state index >= 15 is 0 Å². The molecule has 0 unspecified atom stereocenters. The van der Waals surface area contributed by atoms with Crippen LogP contribution in [0.4, 0.5) is 5.82 Å². The molecule has 0 fully saturated rings. The average Bonchev–Trinajstić information content (AvgIpc) is 2.29. The molecule has 0 aliphatic carbocycles. The third-order valence-electron chi connectivity index (χ3n) is 1.94. The summed E-state index contributed by atoms with van der Waals surface area (Å²) >= 11 is 5.58. The third-order valence-corrected chi connectivity index (χ3v) is 2.21. The number of ether oxygens (including phenoxy) is 1. The van der Waals surface area contributed by atoms with E-state index in [0.717, 1.165) is 37.5 Å². The van der Waals surface area contributed by atoms with Crippen LogP contribution in [0.5, 0.6) is 5.88 Å². The summed E-state index contributed by atoms with van der Waals surface area (Å²) in [6.07, 6.45) is 6.55. The minimum absolute atomic E-state index is 0.528. The fourth-order valence-corrected chi connectivity index (χ4v) is 1.33. The molecule has 0 radical (unpaired) electrons. The Balaban J connectivity index is 2.24. The Morgan fingerprint density at radius 1 is 1.33 bits per heavy atom. The number of nitrogens with one attached hydrogen (secondary N) is 1. The van der Waals surface area contributed by atoms with E-state index in [1.807, 2.05) is 0 Å². The van der Waals surface area contributed by atoms with Gasteiger partial charge in [-0.1, -0.05) is 6.42 Å². The van der Waals surface area contributed by atoms with Crippen LogP contribution in [0.1, 0.15) is 19.3 Å². The van der Waals surface area contributed by atoms with Gasteiger partial charge in [0.2, 0.25) is 5.88 Å². The van der Waals surface area contributed by atoms with Crippen LogP contribution in [0.25, 0.3) is 0 Å². The second-order valence-electron chi connectivity index (χ2n) is 3.12. The molecule has 1 heterocycles. The first kappa shape index (κ1) is 12.0. The molecule has 0 amide bonds. The lowest BCUT2D eigenvalue weighted by Crippen LogP contribution is -2.04. The first-order valence-corrected chi connectivity index (χ1v) is 5.56. The summed E-state index contributed by atoms with van der Waals surface area (Å²) in [5, 5.41) is 3.18. The molecule has 4 nitrogen and oxygen atoms in total. The molecule has 0 aliphatic heterocycles. The molecule has 1 aromatic rings. The number of aromatic nitrogens is 2. The Morgan fingerprint density at radius 3 is 2.93 bits per heavy atom. The molecule has 0 saturated heterocycles. The number of anilines is 1. The highest BCUT2D eigenvalue weighted by atomic mass is 35.5. The van der Waals surface area contributed by atoms with Crippen molar-refractivity contribution in [1.82, 2.24) is 9.97 Å². The zero-order valence-electron chi connectivity index (χ0n) is 8.87. The van der Waals surface area contributed by atoms with Gasteiger partial charge in [0.05, 0.1) is 19.5 Å². The zero-order chi connectivity index (χ0) is 10.9. The molecule has 0 aliphatic rings. The van der Waals surface area contributed by atoms with E-state index in [1.54, 1.807) is 19.5 Å². The predicted molar refractivity (Wildman–Crippen MR) is 61.6 cm³/mol. The van der Waals surface area contributed by atoms with Gasteiger partial charge in [-0.3, -0.25) is 4.98 Å². The van der Waals surface area contributed by atoms with Gasteiger partial charge in [-0.25, -0.2) is 0 Å². The van der Waals surface area contributed by atoms with Gasteiger partial charge in [0.15, 0.2) is 0 Å². The van der Waals surface area contributed by atoms with Crippen LogP contribution in [0.2, 0.25) is 0 Å². The molecule has 1 aromatic heterocycles. The van der Waals surface area contributed by atoms with Crippen molar-refractivity contribution in [2.45, 2.75) is 19.3 Å². The lowest BCUT2D eigenvalue weighted by molar-refractivity contribution is 0.396. The van der Waals surface area contributed by atoms with Gasteiger partial charge >= 0.3 is 0 Å². The number of methoxy groups -OCH3 is 1. The van der Waals surface area contributed by atoms with Crippen molar-refractivity contribution in [1.29, 1.82) is 0 Å². The summed E-state index contributed by atoms with van der Waals surface area (Å²) < 4.78 is 4.97. The van der Waals surface area contributed by atoms with E-state index < -0.39 is 0 Å². The van der Waals surface area contributed by atoms with Crippen LogP contribution in [-0.4, -0.2) is 29.5 Å². The summed E-state index contributed by atoms with van der Waals surface area (Å²) in [6, 6.07) is 0. The van der Waals surface area contributed by atoms with Crippen molar-refractivity contribution in [2.24, 2.45) is 0 Å². The van der Waals surface area contributed by atoms with Crippen molar-refractivity contribution in [3.8, 4) is 5.88 Å². The maximum atomic E-state index is 5.58. The van der Waals surface area contributed by atoms with Crippen LogP contribution < -0.4 is 10.1 Å². The number of halogens is 1. The largest absolute Gasteiger partial charge is 0.480 e. The molecule has 84 valence electrons. The van der Waals surface area contributed by atoms with Crippen LogP contribution in [0.3, 0.4) is 0 Å². The normalized spacial score (nSPS) is 10.0. The number of nitrogens with zero attached hydrogens (tertiary/aromatic N) is 2. The molecule has 0 saturated carbocycles. The highest BCUT2D eigenvalue weighted by Crippen LogP contribution is 2.08. The third kappa shape index (κ3) is 4.83. The van der Waals surface area contributed by atoms with Crippen molar-refractivity contribution >= 4 is 17.4 Å². The summed E-state index contributed by atoms with van der Waals surface area (Å²) in [7, 11) is 1.58. The van der Waals surface area contributed by atoms with E-state index in [1.165, 1.54) is 0 Å². The smallest absolute Gasteiger partial charge is 0.233 e. The summed E-state index contributed by atoms with van der Waals surface area (Å²) in [4.78, 5) is 8.19. The van der Waals surface area contributed by atoms with Crippen LogP contribution in [0, 0.1) is 0 Å². The first-order chi connectivity index (χ1) is 7.36. The van der Waals surface area contributed by atoms with Gasteiger partial charge in [-0.05, 0) is 12.8 Å². The van der Waals surface area contributed by atoms with Gasteiger partial charge in [0.1, 0.15) is 5.82 Å². The molecular weight excluding hydrogens is 214 g/mol. The SMILES string of the molecule is COc1cncc(NCCCCCCl)n1. The lowest BCUT2D eigenvalue weighted by atomic mass is 10.2. The van der Waals surface area contributed by atoms with Crippen molar-refractivity contribution in [2.75, 3.05) is 24.9 Å². The number of alkyl halides is 1. The van der Waals surface area contributed by atoms with Crippen molar-refractivity contribution < 1.29 is 4.74 Å². The maximum absolute atomic E-state index is 5.58. The van der Waals surface area contributed by atoms with Gasteiger partial charge in [0.25, 0.3) is 0 Å². The highest BCUT2D eigenvalue weighted by Gasteiger charge is 1.96. The monoisotopic (exact) mass is 229 g/mol. The standard InChI is InChI=1S/C10H16ClN3O/c1-15-10-8-12-7-9(14-10)13-6-4-2-3-5-11/h7-8H,2-6H2,1H3,(H,13,14). The van der Waals surface area contributed by atoms with Crippen molar-refractivity contribution in [3.63, 3.8) is 0 Å². The Hall–Kier alpha value is -1.03. The van der Waals surface area contributed by atoms with Gasteiger partial charge < -0.3 is 10.1 Å². The molecular formula is C10H16ClN3O. The highest BCUT2D eigenvalue weighted by molar-refractivity contribution is 6.17. The van der Waals surface area contributed by atoms with Crippen LogP contribution in [0.15, 0.2) is 12.4 Å². The molecule has 0 atom stereocenters. The Kier molecular flexibility index (Phi) is 5.85. The number of hydrogen-bond acceptors (Lipinski definition) is 4. The zero-order valence-corrected chi connectivity index (χ0v) is 9.63. The van der Waals surface area contributed by atoms with Gasteiger partial charge in [0, 0.05) is 12.4 Å². The fraction of sp³-hybridized carbons (Fsp3) is 0.600. The number of unbranched alkanes of at least 4 members (excludes halogenated alkanes) is 2. The molecule has 1 rings (SSSR count). The molecule has 15 heavy (non-hydrogen) atoms. The van der Waals surface area contributed by atoms with Crippen LogP contribution >= 0.6 is 11.6 Å². The minimum atomic E-state index is 0.528. The van der Waals surface area contributed by atoms with E-state index in [0.29, 0.717) is 5.88 Å². The second-order valence-corrected chi connectivity index (χ2v) is 3.50. The van der Waals surface area contributed by atoms with E-state index in [9.17, 15) is 0 Å². The first-order valence-electron chi connectivity index (χ1n) is 5.02. The molecule has 0 bridgehead atoms. The Morgan fingerprint density at radius 2 is 2.20 bits per heavy atom. The molecule has 1 N–H and O–H groups in total. The number of rotatable bonds is 7. The topological polar surface area (TPSA) is 47.0 Å². The van der Waals surface area contributed by atoms with E-state index in [2.05, 4.69) is 15.3 Å². The lowest BCUT2D eigenvalue weighted by Gasteiger charge is -2.05. The van der Waals surface area contributed by atoms with E-state index in [-0.39, 0.29) is 0 Å².